The first kappa shape index (κ1) is 11.9. The average molecular weight is 235 g/mol. The van der Waals surface area contributed by atoms with Gasteiger partial charge < -0.3 is 15.6 Å². The van der Waals surface area contributed by atoms with Gasteiger partial charge in [0.05, 0.1) is 12.0 Å². The van der Waals surface area contributed by atoms with E-state index in [0.717, 1.165) is 11.3 Å². The molecule has 2 rings (SSSR count). The van der Waals surface area contributed by atoms with Crippen LogP contribution in [-0.2, 0) is 10.2 Å². The number of carbonyl (C=O) groups is 1. The number of hydrogen-bond donors (Lipinski definition) is 2. The van der Waals surface area contributed by atoms with Crippen LogP contribution in [0.4, 0.5) is 0 Å². The molecule has 0 radical (unpaired) electrons. The van der Waals surface area contributed by atoms with Gasteiger partial charge in [0.15, 0.2) is 0 Å². The second-order valence-electron chi connectivity index (χ2n) is 4.51. The zero-order chi connectivity index (χ0) is 12.5. The van der Waals surface area contributed by atoms with E-state index in [1.54, 1.807) is 0 Å². The van der Waals surface area contributed by atoms with Gasteiger partial charge in [-0.3, -0.25) is 4.79 Å². The maximum atomic E-state index is 11.4. The van der Waals surface area contributed by atoms with Crippen molar-refractivity contribution in [3.05, 3.63) is 29.8 Å². The second kappa shape index (κ2) is 4.37. The highest BCUT2D eigenvalue weighted by molar-refractivity contribution is 5.83. The van der Waals surface area contributed by atoms with Crippen molar-refractivity contribution in [3.8, 4) is 5.75 Å². The van der Waals surface area contributed by atoms with Gasteiger partial charge in [0.1, 0.15) is 5.75 Å². The molecule has 1 aromatic carbocycles. The fraction of sp³-hybridized carbons (Fsp3) is 0.462. The lowest BCUT2D eigenvalue weighted by molar-refractivity contribution is -0.148. The van der Waals surface area contributed by atoms with Gasteiger partial charge >= 0.3 is 5.97 Å². The lowest BCUT2D eigenvalue weighted by Gasteiger charge is -2.43. The maximum absolute atomic E-state index is 11.4. The molecule has 0 saturated heterocycles. The lowest BCUT2D eigenvalue weighted by atomic mass is 9.62. The van der Waals surface area contributed by atoms with Crippen molar-refractivity contribution in [1.29, 1.82) is 0 Å². The Bertz CT molecular complexity index is 407. The van der Waals surface area contributed by atoms with E-state index in [-0.39, 0.29) is 6.04 Å². The highest BCUT2D eigenvalue weighted by Crippen LogP contribution is 2.43. The first-order valence-corrected chi connectivity index (χ1v) is 5.81. The summed E-state index contributed by atoms with van der Waals surface area (Å²) < 4.78 is 5.33. The molecule has 1 saturated carbocycles. The van der Waals surface area contributed by atoms with E-state index in [9.17, 15) is 9.90 Å². The lowest BCUT2D eigenvalue weighted by Crippen LogP contribution is -2.54. The van der Waals surface area contributed by atoms with E-state index in [0.29, 0.717) is 19.4 Å². The van der Waals surface area contributed by atoms with Crippen molar-refractivity contribution >= 4 is 5.97 Å². The van der Waals surface area contributed by atoms with E-state index in [1.165, 1.54) is 0 Å². The van der Waals surface area contributed by atoms with Crippen molar-refractivity contribution in [2.45, 2.75) is 31.2 Å². The minimum Gasteiger partial charge on any atom is -0.494 e. The van der Waals surface area contributed by atoms with Crippen LogP contribution in [0.3, 0.4) is 0 Å². The van der Waals surface area contributed by atoms with E-state index < -0.39 is 11.4 Å². The van der Waals surface area contributed by atoms with Crippen LogP contribution >= 0.6 is 0 Å². The molecule has 0 aliphatic heterocycles. The number of rotatable bonds is 4. The minimum absolute atomic E-state index is 0.00216. The molecule has 3 N–H and O–H groups in total. The third-order valence-electron chi connectivity index (χ3n) is 3.35. The van der Waals surface area contributed by atoms with Gasteiger partial charge in [-0.15, -0.1) is 0 Å². The Kier molecular flexibility index (Phi) is 3.07. The standard InChI is InChI=1S/C13H17NO3/c1-2-17-11-5-3-9(4-6-11)13(12(15)16)7-10(14)8-13/h3-6,10H,2,7-8,14H2,1H3,(H,15,16). The molecule has 4 nitrogen and oxygen atoms in total. The molecule has 1 aliphatic carbocycles. The number of carboxylic acids is 1. The van der Waals surface area contributed by atoms with E-state index in [4.69, 9.17) is 10.5 Å². The molecule has 0 atom stereocenters. The topological polar surface area (TPSA) is 72.5 Å². The van der Waals surface area contributed by atoms with Crippen LogP contribution in [0.1, 0.15) is 25.3 Å². The van der Waals surface area contributed by atoms with Crippen LogP contribution in [0.25, 0.3) is 0 Å². The molecular formula is C13H17NO3. The predicted octanol–water partition coefficient (Wildman–Crippen LogP) is 1.53. The first-order chi connectivity index (χ1) is 8.08. The molecule has 0 heterocycles. The van der Waals surface area contributed by atoms with E-state index >= 15 is 0 Å². The minimum atomic E-state index is -0.789. The molecule has 17 heavy (non-hydrogen) atoms. The summed E-state index contributed by atoms with van der Waals surface area (Å²) in [6.07, 6.45) is 1.02. The Labute approximate surface area is 100 Å². The zero-order valence-electron chi connectivity index (χ0n) is 9.85. The molecule has 0 spiro atoms. The van der Waals surface area contributed by atoms with Crippen LogP contribution in [0, 0.1) is 0 Å². The summed E-state index contributed by atoms with van der Waals surface area (Å²) >= 11 is 0. The summed E-state index contributed by atoms with van der Waals surface area (Å²) in [6, 6.07) is 7.27. The van der Waals surface area contributed by atoms with E-state index in [2.05, 4.69) is 0 Å². The SMILES string of the molecule is CCOc1ccc(C2(C(=O)O)CC(N)C2)cc1. The third-order valence-corrected chi connectivity index (χ3v) is 3.35. The zero-order valence-corrected chi connectivity index (χ0v) is 9.85. The number of hydrogen-bond acceptors (Lipinski definition) is 3. The summed E-state index contributed by atoms with van der Waals surface area (Å²) in [6.45, 7) is 2.52. The molecule has 1 aromatic rings. The molecule has 1 aliphatic rings. The molecule has 0 amide bonds. The largest absolute Gasteiger partial charge is 0.494 e. The fourth-order valence-electron chi connectivity index (χ4n) is 2.41. The summed E-state index contributed by atoms with van der Waals surface area (Å²) in [5, 5.41) is 9.34. The number of aliphatic carboxylic acids is 1. The molecule has 4 heteroatoms. The van der Waals surface area contributed by atoms with Crippen molar-refractivity contribution in [2.24, 2.45) is 5.73 Å². The number of carboxylic acid groups (broad SMARTS) is 1. The quantitative estimate of drug-likeness (QED) is 0.830. The normalized spacial score (nSPS) is 27.3. The molecule has 0 bridgehead atoms. The van der Waals surface area contributed by atoms with Gasteiger partial charge in [0, 0.05) is 6.04 Å². The Balaban J connectivity index is 2.23. The molecule has 0 unspecified atom stereocenters. The second-order valence-corrected chi connectivity index (χ2v) is 4.51. The van der Waals surface area contributed by atoms with Gasteiger partial charge in [-0.25, -0.2) is 0 Å². The fourth-order valence-corrected chi connectivity index (χ4v) is 2.41. The van der Waals surface area contributed by atoms with Gasteiger partial charge in [0.25, 0.3) is 0 Å². The Morgan fingerprint density at radius 2 is 2.06 bits per heavy atom. The van der Waals surface area contributed by atoms with Gasteiger partial charge in [-0.05, 0) is 37.5 Å². The Morgan fingerprint density at radius 3 is 2.47 bits per heavy atom. The van der Waals surface area contributed by atoms with Crippen LogP contribution in [0.5, 0.6) is 5.75 Å². The maximum Gasteiger partial charge on any atom is 0.314 e. The van der Waals surface area contributed by atoms with Crippen LogP contribution < -0.4 is 10.5 Å². The number of benzene rings is 1. The summed E-state index contributed by atoms with van der Waals surface area (Å²) in [5.74, 6) is -0.0243. The van der Waals surface area contributed by atoms with Gasteiger partial charge in [-0.2, -0.15) is 0 Å². The molecular weight excluding hydrogens is 218 g/mol. The van der Waals surface area contributed by atoms with Gasteiger partial charge in [0.2, 0.25) is 0 Å². The Morgan fingerprint density at radius 1 is 1.47 bits per heavy atom. The van der Waals surface area contributed by atoms with Crippen LogP contribution in [0.2, 0.25) is 0 Å². The highest BCUT2D eigenvalue weighted by atomic mass is 16.5. The van der Waals surface area contributed by atoms with Crippen molar-refractivity contribution in [2.75, 3.05) is 6.61 Å². The summed E-state index contributed by atoms with van der Waals surface area (Å²) in [5.41, 5.74) is 5.75. The van der Waals surface area contributed by atoms with Crippen molar-refractivity contribution in [3.63, 3.8) is 0 Å². The third kappa shape index (κ3) is 2.00. The average Bonchev–Trinajstić information content (AvgIpc) is 2.26. The summed E-state index contributed by atoms with van der Waals surface area (Å²) in [4.78, 5) is 11.4. The first-order valence-electron chi connectivity index (χ1n) is 5.81. The van der Waals surface area contributed by atoms with Crippen LogP contribution in [0.15, 0.2) is 24.3 Å². The molecule has 0 aromatic heterocycles. The number of ether oxygens (including phenoxy) is 1. The van der Waals surface area contributed by atoms with Crippen molar-refractivity contribution < 1.29 is 14.6 Å². The van der Waals surface area contributed by atoms with Crippen molar-refractivity contribution in [1.82, 2.24) is 0 Å². The monoisotopic (exact) mass is 235 g/mol. The highest BCUT2D eigenvalue weighted by Gasteiger charge is 2.50. The molecule has 1 fully saturated rings. The predicted molar refractivity (Wildman–Crippen MR) is 64.1 cm³/mol. The Hall–Kier alpha value is -1.55. The summed E-state index contributed by atoms with van der Waals surface area (Å²) in [7, 11) is 0. The molecule has 92 valence electrons. The smallest absolute Gasteiger partial charge is 0.314 e. The van der Waals surface area contributed by atoms with Crippen LogP contribution in [-0.4, -0.2) is 23.7 Å². The van der Waals surface area contributed by atoms with Gasteiger partial charge in [-0.1, -0.05) is 12.1 Å². The number of nitrogens with two attached hydrogens (primary N) is 1. The van der Waals surface area contributed by atoms with E-state index in [1.807, 2.05) is 31.2 Å².